The third-order valence-corrected chi connectivity index (χ3v) is 5.36. The number of nitrogens with one attached hydrogen (secondary N) is 1. The standard InChI is InChI=1S/C20H20N8O/c1-12-7-23-19-16(9-25-28(19)10-12)20(29)27-5-3-14(11-27)18-15(8-24-26-18)13-2-4-22-17(21)6-13/h2,4,6-10,14H,3,5,11H2,1H3,(H2,21,22)(H,24,26)/t14-/m1/s1. The molecule has 1 saturated heterocycles. The molecule has 1 amide bonds. The van der Waals surface area contributed by atoms with Crippen LogP contribution in [0.4, 0.5) is 5.82 Å². The van der Waals surface area contributed by atoms with Gasteiger partial charge in [0.2, 0.25) is 0 Å². The number of anilines is 1. The predicted octanol–water partition coefficient (Wildman–Crippen LogP) is 2.03. The normalized spacial score (nSPS) is 16.6. The molecule has 5 heterocycles. The van der Waals surface area contributed by atoms with Crippen molar-refractivity contribution in [2.24, 2.45) is 0 Å². The summed E-state index contributed by atoms with van der Waals surface area (Å²) in [6.07, 6.45) is 9.55. The smallest absolute Gasteiger partial charge is 0.259 e. The minimum atomic E-state index is -0.0481. The van der Waals surface area contributed by atoms with E-state index in [2.05, 4.69) is 25.3 Å². The summed E-state index contributed by atoms with van der Waals surface area (Å²) in [5.41, 5.74) is 10.9. The van der Waals surface area contributed by atoms with Gasteiger partial charge in [0.25, 0.3) is 5.91 Å². The average Bonchev–Trinajstić information content (AvgIpc) is 3.45. The van der Waals surface area contributed by atoms with Gasteiger partial charge in [0.05, 0.1) is 12.4 Å². The van der Waals surface area contributed by atoms with E-state index in [0.29, 0.717) is 30.1 Å². The fourth-order valence-corrected chi connectivity index (χ4v) is 3.92. The molecule has 0 bridgehead atoms. The van der Waals surface area contributed by atoms with Gasteiger partial charge in [-0.1, -0.05) is 0 Å². The molecule has 0 spiro atoms. The number of likely N-dealkylation sites (tertiary alicyclic amines) is 1. The Morgan fingerprint density at radius 2 is 2.17 bits per heavy atom. The van der Waals surface area contributed by atoms with Crippen LogP contribution in [0.5, 0.6) is 0 Å². The van der Waals surface area contributed by atoms with Crippen LogP contribution in [0.25, 0.3) is 16.8 Å². The second-order valence-corrected chi connectivity index (χ2v) is 7.36. The van der Waals surface area contributed by atoms with Crippen LogP contribution >= 0.6 is 0 Å². The Morgan fingerprint density at radius 3 is 3.03 bits per heavy atom. The summed E-state index contributed by atoms with van der Waals surface area (Å²) in [6, 6.07) is 3.74. The minimum Gasteiger partial charge on any atom is -0.384 e. The van der Waals surface area contributed by atoms with E-state index in [1.54, 1.807) is 29.3 Å². The van der Waals surface area contributed by atoms with Crippen molar-refractivity contribution >= 4 is 17.4 Å². The van der Waals surface area contributed by atoms with Gasteiger partial charge in [-0.15, -0.1) is 0 Å². The zero-order valence-corrected chi connectivity index (χ0v) is 15.9. The molecule has 0 aliphatic carbocycles. The number of carbonyl (C=O) groups excluding carboxylic acids is 1. The highest BCUT2D eigenvalue weighted by molar-refractivity contribution is 5.99. The number of nitrogens with two attached hydrogens (primary N) is 1. The number of amides is 1. The maximum atomic E-state index is 13.1. The van der Waals surface area contributed by atoms with Crippen molar-refractivity contribution in [3.63, 3.8) is 0 Å². The minimum absolute atomic E-state index is 0.0481. The second-order valence-electron chi connectivity index (χ2n) is 7.36. The van der Waals surface area contributed by atoms with Crippen LogP contribution in [0, 0.1) is 6.92 Å². The highest BCUT2D eigenvalue weighted by Gasteiger charge is 2.32. The average molecular weight is 388 g/mol. The Kier molecular flexibility index (Phi) is 4.01. The van der Waals surface area contributed by atoms with Gasteiger partial charge in [-0.2, -0.15) is 10.2 Å². The van der Waals surface area contributed by atoms with Gasteiger partial charge in [0.15, 0.2) is 5.65 Å². The van der Waals surface area contributed by atoms with E-state index in [9.17, 15) is 4.79 Å². The van der Waals surface area contributed by atoms with E-state index in [-0.39, 0.29) is 11.8 Å². The first-order valence-electron chi connectivity index (χ1n) is 9.44. The van der Waals surface area contributed by atoms with Crippen molar-refractivity contribution in [3.05, 3.63) is 59.9 Å². The number of carbonyl (C=O) groups is 1. The molecule has 29 heavy (non-hydrogen) atoms. The van der Waals surface area contributed by atoms with Gasteiger partial charge in [-0.05, 0) is 36.6 Å². The second kappa shape index (κ2) is 6.69. The summed E-state index contributed by atoms with van der Waals surface area (Å²) in [4.78, 5) is 23.4. The van der Waals surface area contributed by atoms with Crippen LogP contribution in [-0.2, 0) is 0 Å². The number of nitrogen functional groups attached to an aromatic ring is 1. The zero-order valence-electron chi connectivity index (χ0n) is 15.9. The molecule has 146 valence electrons. The van der Waals surface area contributed by atoms with Crippen molar-refractivity contribution in [1.29, 1.82) is 0 Å². The van der Waals surface area contributed by atoms with E-state index in [1.807, 2.05) is 30.2 Å². The first-order chi connectivity index (χ1) is 14.1. The Labute approximate surface area is 166 Å². The lowest BCUT2D eigenvalue weighted by molar-refractivity contribution is 0.0792. The number of aromatic nitrogens is 6. The van der Waals surface area contributed by atoms with Crippen molar-refractivity contribution in [1.82, 2.24) is 34.7 Å². The maximum absolute atomic E-state index is 13.1. The summed E-state index contributed by atoms with van der Waals surface area (Å²) in [5.74, 6) is 0.588. The van der Waals surface area contributed by atoms with Crippen molar-refractivity contribution < 1.29 is 4.79 Å². The fraction of sp³-hybridized carbons (Fsp3) is 0.250. The molecule has 5 rings (SSSR count). The lowest BCUT2D eigenvalue weighted by Crippen LogP contribution is -2.28. The number of fused-ring (bicyclic) bond motifs is 1. The molecule has 9 nitrogen and oxygen atoms in total. The lowest BCUT2D eigenvalue weighted by atomic mass is 9.97. The first kappa shape index (κ1) is 17.4. The number of hydrogen-bond donors (Lipinski definition) is 2. The van der Waals surface area contributed by atoms with E-state index < -0.39 is 0 Å². The van der Waals surface area contributed by atoms with E-state index in [1.165, 1.54) is 0 Å². The molecule has 4 aromatic heterocycles. The largest absolute Gasteiger partial charge is 0.384 e. The Bertz CT molecular complexity index is 1210. The quantitative estimate of drug-likeness (QED) is 0.554. The molecule has 0 aromatic carbocycles. The molecular formula is C20H20N8O. The van der Waals surface area contributed by atoms with E-state index in [0.717, 1.165) is 28.8 Å². The van der Waals surface area contributed by atoms with Gasteiger partial charge < -0.3 is 10.6 Å². The molecular weight excluding hydrogens is 368 g/mol. The predicted molar refractivity (Wildman–Crippen MR) is 107 cm³/mol. The van der Waals surface area contributed by atoms with E-state index in [4.69, 9.17) is 5.73 Å². The van der Waals surface area contributed by atoms with Crippen molar-refractivity contribution in [2.75, 3.05) is 18.8 Å². The third kappa shape index (κ3) is 3.00. The molecule has 4 aromatic rings. The first-order valence-corrected chi connectivity index (χ1v) is 9.44. The summed E-state index contributed by atoms with van der Waals surface area (Å²) in [7, 11) is 0. The van der Waals surface area contributed by atoms with Crippen LogP contribution in [0.3, 0.4) is 0 Å². The molecule has 9 heteroatoms. The topological polar surface area (TPSA) is 118 Å². The number of nitrogens with zero attached hydrogens (tertiary/aromatic N) is 6. The van der Waals surface area contributed by atoms with Gasteiger partial charge in [-0.3, -0.25) is 9.89 Å². The van der Waals surface area contributed by atoms with E-state index >= 15 is 0 Å². The van der Waals surface area contributed by atoms with Crippen LogP contribution in [0.1, 0.15) is 34.0 Å². The SMILES string of the molecule is Cc1cnc2c(C(=O)N3CC[C@@H](c4[nH]ncc4-c4ccnc(N)c4)C3)cnn2c1. The van der Waals surface area contributed by atoms with Crippen LogP contribution in [0.15, 0.2) is 43.1 Å². The highest BCUT2D eigenvalue weighted by Crippen LogP contribution is 2.34. The Morgan fingerprint density at radius 1 is 1.28 bits per heavy atom. The summed E-state index contributed by atoms with van der Waals surface area (Å²) >= 11 is 0. The number of aryl methyl sites for hydroxylation is 1. The van der Waals surface area contributed by atoms with Crippen LogP contribution in [-0.4, -0.2) is 53.7 Å². The number of H-pyrrole nitrogens is 1. The monoisotopic (exact) mass is 388 g/mol. The summed E-state index contributed by atoms with van der Waals surface area (Å²) in [5, 5.41) is 11.6. The van der Waals surface area contributed by atoms with Gasteiger partial charge in [0, 0.05) is 48.9 Å². The Hall–Kier alpha value is -3.75. The number of aromatic amines is 1. The molecule has 0 unspecified atom stereocenters. The number of hydrogen-bond acceptors (Lipinski definition) is 6. The third-order valence-electron chi connectivity index (χ3n) is 5.36. The lowest BCUT2D eigenvalue weighted by Gasteiger charge is -2.16. The maximum Gasteiger partial charge on any atom is 0.259 e. The molecule has 0 radical (unpaired) electrons. The number of rotatable bonds is 3. The fourth-order valence-electron chi connectivity index (χ4n) is 3.92. The van der Waals surface area contributed by atoms with Crippen molar-refractivity contribution in [3.8, 4) is 11.1 Å². The van der Waals surface area contributed by atoms with Gasteiger partial charge >= 0.3 is 0 Å². The van der Waals surface area contributed by atoms with Crippen LogP contribution in [0.2, 0.25) is 0 Å². The van der Waals surface area contributed by atoms with Gasteiger partial charge in [-0.25, -0.2) is 14.5 Å². The Balaban J connectivity index is 1.39. The van der Waals surface area contributed by atoms with Crippen LogP contribution < -0.4 is 5.73 Å². The zero-order chi connectivity index (χ0) is 20.0. The number of pyridine rings is 1. The molecule has 1 aliphatic heterocycles. The molecule has 0 saturated carbocycles. The highest BCUT2D eigenvalue weighted by atomic mass is 16.2. The summed E-state index contributed by atoms with van der Waals surface area (Å²) < 4.78 is 1.65. The van der Waals surface area contributed by atoms with Gasteiger partial charge in [0.1, 0.15) is 11.4 Å². The molecule has 1 aliphatic rings. The molecule has 1 fully saturated rings. The van der Waals surface area contributed by atoms with Crippen molar-refractivity contribution in [2.45, 2.75) is 19.3 Å². The summed E-state index contributed by atoms with van der Waals surface area (Å²) in [6.45, 7) is 3.22. The molecule has 1 atom stereocenters. The molecule has 3 N–H and O–H groups in total.